The molecule has 1 heterocycles. The van der Waals surface area contributed by atoms with Crippen LogP contribution in [0.3, 0.4) is 0 Å². The number of amides is 1. The normalized spacial score (nSPS) is 13.7. The molecule has 3 aromatic rings. The standard InChI is InChI=1S/C21H20FN3O/c1-12-7-10-15(13(2)11-12)19-20(18(24-25-19)14-8-9-14)23-21(26)16-5-3-4-6-17(16)22/h3-7,10-11,14H,8-9H2,1-2H3,(H,23,26)(H,24,25). The van der Waals surface area contributed by atoms with Crippen molar-refractivity contribution in [3.8, 4) is 11.3 Å². The third-order valence-corrected chi connectivity index (χ3v) is 4.77. The summed E-state index contributed by atoms with van der Waals surface area (Å²) < 4.78 is 14.0. The van der Waals surface area contributed by atoms with Gasteiger partial charge in [0.15, 0.2) is 0 Å². The van der Waals surface area contributed by atoms with Crippen molar-refractivity contribution in [2.24, 2.45) is 0 Å². The molecule has 1 aliphatic rings. The highest BCUT2D eigenvalue weighted by Crippen LogP contribution is 2.45. The summed E-state index contributed by atoms with van der Waals surface area (Å²) in [5, 5.41) is 10.5. The summed E-state index contributed by atoms with van der Waals surface area (Å²) in [6, 6.07) is 12.1. The van der Waals surface area contributed by atoms with Gasteiger partial charge in [-0.05, 0) is 44.4 Å². The quantitative estimate of drug-likeness (QED) is 0.699. The van der Waals surface area contributed by atoms with E-state index < -0.39 is 11.7 Å². The van der Waals surface area contributed by atoms with Gasteiger partial charge in [0.25, 0.3) is 5.91 Å². The van der Waals surface area contributed by atoms with Crippen LogP contribution in [0.1, 0.15) is 45.9 Å². The van der Waals surface area contributed by atoms with Gasteiger partial charge in [-0.2, -0.15) is 5.10 Å². The molecule has 0 spiro atoms. The smallest absolute Gasteiger partial charge is 0.258 e. The minimum absolute atomic E-state index is 0.0297. The first-order valence-electron chi connectivity index (χ1n) is 8.76. The Kier molecular flexibility index (Phi) is 4.07. The van der Waals surface area contributed by atoms with Crippen LogP contribution < -0.4 is 5.32 Å². The van der Waals surface area contributed by atoms with Gasteiger partial charge in [-0.3, -0.25) is 9.89 Å². The van der Waals surface area contributed by atoms with E-state index in [2.05, 4.69) is 21.6 Å². The molecule has 1 amide bonds. The van der Waals surface area contributed by atoms with Crippen molar-refractivity contribution in [2.45, 2.75) is 32.6 Å². The third-order valence-electron chi connectivity index (χ3n) is 4.77. The van der Waals surface area contributed by atoms with E-state index in [9.17, 15) is 9.18 Å². The zero-order valence-corrected chi connectivity index (χ0v) is 14.8. The van der Waals surface area contributed by atoms with E-state index in [4.69, 9.17) is 0 Å². The lowest BCUT2D eigenvalue weighted by Gasteiger charge is -2.11. The molecule has 0 aliphatic heterocycles. The van der Waals surface area contributed by atoms with Crippen molar-refractivity contribution in [3.63, 3.8) is 0 Å². The number of benzene rings is 2. The Bertz CT molecular complexity index is 989. The van der Waals surface area contributed by atoms with Crippen molar-refractivity contribution >= 4 is 11.6 Å². The van der Waals surface area contributed by atoms with Crippen LogP contribution in [0.4, 0.5) is 10.1 Å². The van der Waals surface area contributed by atoms with Crippen molar-refractivity contribution in [3.05, 3.63) is 70.7 Å². The average Bonchev–Trinajstić information content (AvgIpc) is 3.37. The molecule has 1 fully saturated rings. The van der Waals surface area contributed by atoms with Gasteiger partial charge < -0.3 is 5.32 Å². The van der Waals surface area contributed by atoms with Crippen LogP contribution in [0.25, 0.3) is 11.3 Å². The lowest BCUT2D eigenvalue weighted by Crippen LogP contribution is -2.15. The minimum Gasteiger partial charge on any atom is -0.318 e. The number of carbonyl (C=O) groups is 1. The summed E-state index contributed by atoms with van der Waals surface area (Å²) in [6.07, 6.45) is 2.13. The molecule has 132 valence electrons. The van der Waals surface area contributed by atoms with Gasteiger partial charge in [-0.25, -0.2) is 4.39 Å². The highest BCUT2D eigenvalue weighted by atomic mass is 19.1. The maximum atomic E-state index is 14.0. The van der Waals surface area contributed by atoms with Crippen molar-refractivity contribution in [1.29, 1.82) is 0 Å². The number of aryl methyl sites for hydroxylation is 2. The molecule has 4 nitrogen and oxygen atoms in total. The highest BCUT2D eigenvalue weighted by molar-refractivity contribution is 6.06. The van der Waals surface area contributed by atoms with Crippen molar-refractivity contribution in [2.75, 3.05) is 5.32 Å². The summed E-state index contributed by atoms with van der Waals surface area (Å²) >= 11 is 0. The fourth-order valence-electron chi connectivity index (χ4n) is 3.25. The predicted molar refractivity (Wildman–Crippen MR) is 99.8 cm³/mol. The van der Waals surface area contributed by atoms with E-state index in [-0.39, 0.29) is 5.56 Å². The fraction of sp³-hybridized carbons (Fsp3) is 0.238. The van der Waals surface area contributed by atoms with Gasteiger partial charge in [-0.15, -0.1) is 0 Å². The minimum atomic E-state index is -0.533. The van der Waals surface area contributed by atoms with Crippen LogP contribution in [0.2, 0.25) is 0 Å². The molecule has 26 heavy (non-hydrogen) atoms. The van der Waals surface area contributed by atoms with Gasteiger partial charge in [0, 0.05) is 11.5 Å². The van der Waals surface area contributed by atoms with E-state index in [1.807, 2.05) is 26.0 Å². The van der Waals surface area contributed by atoms with Gasteiger partial charge in [0.05, 0.1) is 16.9 Å². The van der Waals surface area contributed by atoms with Crippen LogP contribution in [-0.2, 0) is 0 Å². The number of halogens is 1. The van der Waals surface area contributed by atoms with Gasteiger partial charge in [0.1, 0.15) is 11.5 Å². The Balaban J connectivity index is 1.76. The van der Waals surface area contributed by atoms with Gasteiger partial charge in [-0.1, -0.05) is 35.9 Å². The number of hydrogen-bond acceptors (Lipinski definition) is 2. The molecule has 2 N–H and O–H groups in total. The lowest BCUT2D eigenvalue weighted by molar-refractivity contribution is 0.102. The fourth-order valence-corrected chi connectivity index (χ4v) is 3.25. The number of nitrogens with zero attached hydrogens (tertiary/aromatic N) is 1. The summed E-state index contributed by atoms with van der Waals surface area (Å²) in [4.78, 5) is 12.7. The van der Waals surface area contributed by atoms with Crippen LogP contribution in [0.15, 0.2) is 42.5 Å². The zero-order valence-electron chi connectivity index (χ0n) is 14.8. The van der Waals surface area contributed by atoms with Gasteiger partial charge >= 0.3 is 0 Å². The second-order valence-corrected chi connectivity index (χ2v) is 6.89. The number of H-pyrrole nitrogens is 1. The van der Waals surface area contributed by atoms with E-state index >= 15 is 0 Å². The highest BCUT2D eigenvalue weighted by Gasteiger charge is 2.31. The third kappa shape index (κ3) is 3.01. The number of anilines is 1. The Morgan fingerprint density at radius 1 is 1.19 bits per heavy atom. The number of aromatic amines is 1. The van der Waals surface area contributed by atoms with E-state index in [0.29, 0.717) is 17.3 Å². The molecule has 4 rings (SSSR count). The lowest BCUT2D eigenvalue weighted by atomic mass is 10.0. The zero-order chi connectivity index (χ0) is 18.3. The maximum Gasteiger partial charge on any atom is 0.258 e. The molecule has 1 saturated carbocycles. The Hall–Kier alpha value is -2.95. The molecule has 0 bridgehead atoms. The van der Waals surface area contributed by atoms with Crippen molar-refractivity contribution < 1.29 is 9.18 Å². The molecule has 0 atom stereocenters. The number of rotatable bonds is 4. The Labute approximate surface area is 151 Å². The van der Waals surface area contributed by atoms with Crippen LogP contribution in [-0.4, -0.2) is 16.1 Å². The molecule has 5 heteroatoms. The maximum absolute atomic E-state index is 14.0. The summed E-state index contributed by atoms with van der Waals surface area (Å²) in [7, 11) is 0. The summed E-state index contributed by atoms with van der Waals surface area (Å²) in [5.74, 6) is -0.620. The molecule has 0 unspecified atom stereocenters. The number of carbonyl (C=O) groups excluding carboxylic acids is 1. The molecule has 0 saturated heterocycles. The molecule has 2 aromatic carbocycles. The largest absolute Gasteiger partial charge is 0.318 e. The number of nitrogens with one attached hydrogen (secondary N) is 2. The molecule has 1 aromatic heterocycles. The van der Waals surface area contributed by atoms with Crippen LogP contribution in [0, 0.1) is 19.7 Å². The van der Waals surface area contributed by atoms with Crippen LogP contribution in [0.5, 0.6) is 0 Å². The first-order chi connectivity index (χ1) is 12.5. The molecular formula is C21H20FN3O. The molecule has 0 radical (unpaired) electrons. The number of aromatic nitrogens is 2. The van der Waals surface area contributed by atoms with E-state index in [1.54, 1.807) is 12.1 Å². The second kappa shape index (κ2) is 6.41. The monoisotopic (exact) mass is 349 g/mol. The SMILES string of the molecule is Cc1ccc(-c2n[nH]c(C3CC3)c2NC(=O)c2ccccc2F)c(C)c1. The topological polar surface area (TPSA) is 57.8 Å². The Morgan fingerprint density at radius 2 is 1.96 bits per heavy atom. The molecular weight excluding hydrogens is 329 g/mol. The van der Waals surface area contributed by atoms with Crippen LogP contribution >= 0.6 is 0 Å². The van der Waals surface area contributed by atoms with E-state index in [0.717, 1.165) is 29.7 Å². The van der Waals surface area contributed by atoms with Gasteiger partial charge in [0.2, 0.25) is 0 Å². The second-order valence-electron chi connectivity index (χ2n) is 6.89. The average molecular weight is 349 g/mol. The predicted octanol–water partition coefficient (Wildman–Crippen LogP) is 4.96. The molecule has 1 aliphatic carbocycles. The summed E-state index contributed by atoms with van der Waals surface area (Å²) in [6.45, 7) is 4.06. The van der Waals surface area contributed by atoms with Crippen molar-refractivity contribution in [1.82, 2.24) is 10.2 Å². The first-order valence-corrected chi connectivity index (χ1v) is 8.76. The summed E-state index contributed by atoms with van der Waals surface area (Å²) in [5.41, 5.74) is 5.53. The number of hydrogen-bond donors (Lipinski definition) is 2. The first kappa shape index (κ1) is 16.5. The Morgan fingerprint density at radius 3 is 2.65 bits per heavy atom. The van der Waals surface area contributed by atoms with E-state index in [1.165, 1.54) is 17.7 Å².